The van der Waals surface area contributed by atoms with Gasteiger partial charge in [0.1, 0.15) is 25.4 Å². The lowest BCUT2D eigenvalue weighted by atomic mass is 10.0. The number of urea groups is 1. The highest BCUT2D eigenvalue weighted by Crippen LogP contribution is 2.26. The number of halogens is 3. The first-order valence-corrected chi connectivity index (χ1v) is 19.2. The number of rotatable bonds is 25. The largest absolute Gasteiger partial charge is 0.461 e. The van der Waals surface area contributed by atoms with E-state index in [4.69, 9.17) is 53.8 Å². The molecule has 2 N–H and O–H groups in total. The van der Waals surface area contributed by atoms with Crippen molar-refractivity contribution < 1.29 is 38.1 Å². The fourth-order valence-corrected chi connectivity index (χ4v) is 5.58. The zero-order valence-corrected chi connectivity index (χ0v) is 31.7. The van der Waals surface area contributed by atoms with Crippen molar-refractivity contribution in [1.82, 2.24) is 15.8 Å². The third-order valence-corrected chi connectivity index (χ3v) is 8.51. The second kappa shape index (κ2) is 26.5. The van der Waals surface area contributed by atoms with Crippen molar-refractivity contribution in [2.75, 3.05) is 32.9 Å². The molecule has 0 bridgehead atoms. The first kappa shape index (κ1) is 43.9. The van der Waals surface area contributed by atoms with Crippen LogP contribution in [0.5, 0.6) is 0 Å². The zero-order valence-electron chi connectivity index (χ0n) is 29.4. The molecule has 2 amide bonds. The van der Waals surface area contributed by atoms with Crippen LogP contribution in [0.1, 0.15) is 115 Å². The lowest BCUT2D eigenvalue weighted by molar-refractivity contribution is -0.157. The summed E-state index contributed by atoms with van der Waals surface area (Å²) in [4.78, 5) is 51.5. The maximum absolute atomic E-state index is 13.5. The van der Waals surface area contributed by atoms with Crippen molar-refractivity contribution in [2.24, 2.45) is 0 Å². The number of morpholine rings is 1. The number of ether oxygens (including phenoxy) is 4. The molecule has 0 aromatic heterocycles. The molecule has 0 aliphatic carbocycles. The second-order valence-electron chi connectivity index (χ2n) is 12.6. The molecule has 14 heteroatoms. The molecule has 0 radical (unpaired) electrons. The number of carbonyl (C=O) groups is 4. The Kier molecular flexibility index (Phi) is 23.2. The van der Waals surface area contributed by atoms with Gasteiger partial charge in [-0.25, -0.2) is 14.6 Å². The average molecular weight is 765 g/mol. The molecule has 1 aromatic rings. The van der Waals surface area contributed by atoms with E-state index in [-0.39, 0.29) is 32.3 Å². The highest BCUT2D eigenvalue weighted by molar-refractivity contribution is 6.67. The van der Waals surface area contributed by atoms with E-state index in [0.29, 0.717) is 32.7 Å². The molecule has 1 heterocycles. The van der Waals surface area contributed by atoms with Gasteiger partial charge in [-0.1, -0.05) is 136 Å². The van der Waals surface area contributed by atoms with Gasteiger partial charge in [0.25, 0.3) is 0 Å². The first-order chi connectivity index (χ1) is 24.1. The predicted molar refractivity (Wildman–Crippen MR) is 195 cm³/mol. The number of alkyl halides is 3. The van der Waals surface area contributed by atoms with Gasteiger partial charge in [0, 0.05) is 19.5 Å². The summed E-state index contributed by atoms with van der Waals surface area (Å²) in [5, 5.41) is 4.38. The zero-order chi connectivity index (χ0) is 36.5. The second-order valence-corrected chi connectivity index (χ2v) is 15.2. The predicted octanol–water partition coefficient (Wildman–Crippen LogP) is 7.73. The number of benzene rings is 1. The van der Waals surface area contributed by atoms with Gasteiger partial charge in [-0.2, -0.15) is 0 Å². The Balaban J connectivity index is 1.95. The van der Waals surface area contributed by atoms with Crippen molar-refractivity contribution in [3.63, 3.8) is 0 Å². The summed E-state index contributed by atoms with van der Waals surface area (Å²) >= 11 is 17.2. The SMILES string of the molecule is CCCCCCCCCCCCC[C@@H](CC(=O)OCC(Cl)(Cl)Cl)OC(=O)[C@H](CCCC(=O)OCc1ccccc1)NC(=O)NN1CCOCC1. The fourth-order valence-electron chi connectivity index (χ4n) is 5.41. The summed E-state index contributed by atoms with van der Waals surface area (Å²) in [6.07, 6.45) is 12.4. The molecule has 50 heavy (non-hydrogen) atoms. The number of hydrazine groups is 1. The summed E-state index contributed by atoms with van der Waals surface area (Å²) in [5.41, 5.74) is 3.59. The van der Waals surface area contributed by atoms with E-state index in [2.05, 4.69) is 17.7 Å². The number of nitrogens with zero attached hydrogens (tertiary/aromatic N) is 1. The molecule has 1 aliphatic heterocycles. The lowest BCUT2D eigenvalue weighted by Crippen LogP contribution is -2.55. The summed E-state index contributed by atoms with van der Waals surface area (Å²) in [5.74, 6) is -1.82. The van der Waals surface area contributed by atoms with Crippen LogP contribution in [0.25, 0.3) is 0 Å². The Morgan fingerprint density at radius 1 is 0.820 bits per heavy atom. The third-order valence-electron chi connectivity index (χ3n) is 8.18. The molecule has 2 atom stereocenters. The fraction of sp³-hybridized carbons (Fsp3) is 0.722. The van der Waals surface area contributed by atoms with Crippen LogP contribution < -0.4 is 10.7 Å². The van der Waals surface area contributed by atoms with Crippen molar-refractivity contribution in [3.05, 3.63) is 35.9 Å². The molecule has 2 rings (SSSR count). The van der Waals surface area contributed by atoms with Crippen LogP contribution in [0.15, 0.2) is 30.3 Å². The molecule has 0 unspecified atom stereocenters. The summed E-state index contributed by atoms with van der Waals surface area (Å²) in [7, 11) is 0. The molecule has 1 fully saturated rings. The maximum Gasteiger partial charge on any atom is 0.330 e. The van der Waals surface area contributed by atoms with E-state index in [1.54, 1.807) is 5.01 Å². The summed E-state index contributed by atoms with van der Waals surface area (Å²) < 4.78 is 19.8. The molecule has 1 saturated heterocycles. The van der Waals surface area contributed by atoms with Crippen LogP contribution in [0.4, 0.5) is 4.79 Å². The summed E-state index contributed by atoms with van der Waals surface area (Å²) in [6, 6.07) is 7.63. The number of carbonyl (C=O) groups excluding carboxylic acids is 4. The van der Waals surface area contributed by atoms with Crippen LogP contribution in [0, 0.1) is 0 Å². The van der Waals surface area contributed by atoms with Gasteiger partial charge in [0.05, 0.1) is 19.6 Å². The van der Waals surface area contributed by atoms with E-state index in [0.717, 1.165) is 31.2 Å². The van der Waals surface area contributed by atoms with Crippen LogP contribution >= 0.6 is 34.8 Å². The van der Waals surface area contributed by atoms with Crippen LogP contribution in [-0.2, 0) is 39.9 Å². The monoisotopic (exact) mass is 763 g/mol. The molecular weight excluding hydrogens is 709 g/mol. The van der Waals surface area contributed by atoms with E-state index >= 15 is 0 Å². The van der Waals surface area contributed by atoms with E-state index in [1.807, 2.05) is 30.3 Å². The highest BCUT2D eigenvalue weighted by atomic mass is 35.6. The first-order valence-electron chi connectivity index (χ1n) is 18.1. The number of esters is 3. The summed E-state index contributed by atoms with van der Waals surface area (Å²) in [6.45, 7) is 3.83. The molecule has 11 nitrogen and oxygen atoms in total. The number of hydrogen-bond donors (Lipinski definition) is 2. The normalized spacial score (nSPS) is 14.7. The lowest BCUT2D eigenvalue weighted by Gasteiger charge is -2.28. The van der Waals surface area contributed by atoms with E-state index in [9.17, 15) is 19.2 Å². The van der Waals surface area contributed by atoms with Gasteiger partial charge >= 0.3 is 23.9 Å². The Hall–Kier alpha value is -2.31. The van der Waals surface area contributed by atoms with Gasteiger partial charge in [-0.05, 0) is 31.2 Å². The number of nitrogens with one attached hydrogen (secondary N) is 2. The molecule has 0 spiro atoms. The molecular formula is C36H56Cl3N3O8. The van der Waals surface area contributed by atoms with Gasteiger partial charge in [0.15, 0.2) is 0 Å². The maximum atomic E-state index is 13.5. The highest BCUT2D eigenvalue weighted by Gasteiger charge is 2.29. The molecule has 284 valence electrons. The van der Waals surface area contributed by atoms with Gasteiger partial charge in [0.2, 0.25) is 3.79 Å². The number of unbranched alkanes of at least 4 members (excludes halogenated alkanes) is 10. The van der Waals surface area contributed by atoms with E-state index in [1.165, 1.54) is 44.9 Å². The standard InChI is InChI=1S/C36H56Cl3N3O8/c1-2-3-4-5-6-7-8-9-10-11-15-19-30(26-33(44)49-28-36(37,38)39)50-34(45)31(40-35(46)41-42-22-24-47-25-23-42)20-16-21-32(43)48-27-29-17-13-12-14-18-29/h12-14,17-18,30-31H,2-11,15-16,19-28H2,1H3,(H2,40,41,46)/t30-,31-/m0/s1. The van der Waals surface area contributed by atoms with Crippen molar-refractivity contribution in [3.8, 4) is 0 Å². The Labute approximate surface area is 312 Å². The molecule has 1 aromatic carbocycles. The Morgan fingerprint density at radius 3 is 2.06 bits per heavy atom. The number of hydrogen-bond acceptors (Lipinski definition) is 9. The van der Waals surface area contributed by atoms with Gasteiger partial charge in [-0.15, -0.1) is 0 Å². The van der Waals surface area contributed by atoms with Crippen molar-refractivity contribution >= 4 is 58.7 Å². The van der Waals surface area contributed by atoms with Gasteiger partial charge in [-0.3, -0.25) is 15.0 Å². The quantitative estimate of drug-likeness (QED) is 0.0444. The van der Waals surface area contributed by atoms with Crippen molar-refractivity contribution in [1.29, 1.82) is 0 Å². The average Bonchev–Trinajstić information content (AvgIpc) is 3.09. The van der Waals surface area contributed by atoms with Crippen LogP contribution in [0.3, 0.4) is 0 Å². The minimum atomic E-state index is -1.77. The molecule has 1 aliphatic rings. The topological polar surface area (TPSA) is 132 Å². The van der Waals surface area contributed by atoms with Crippen molar-refractivity contribution in [2.45, 2.75) is 132 Å². The minimum Gasteiger partial charge on any atom is -0.461 e. The third kappa shape index (κ3) is 22.5. The Bertz CT molecular complexity index is 1100. The number of amides is 2. The van der Waals surface area contributed by atoms with E-state index < -0.39 is 46.5 Å². The van der Waals surface area contributed by atoms with Crippen LogP contribution in [0.2, 0.25) is 0 Å². The minimum absolute atomic E-state index is 0.0366. The Morgan fingerprint density at radius 2 is 1.44 bits per heavy atom. The molecule has 0 saturated carbocycles. The smallest absolute Gasteiger partial charge is 0.330 e. The van der Waals surface area contributed by atoms with Crippen LogP contribution in [-0.4, -0.2) is 77.8 Å². The van der Waals surface area contributed by atoms with Gasteiger partial charge < -0.3 is 24.3 Å².